The normalized spacial score (nSPS) is 12.2. The summed E-state index contributed by atoms with van der Waals surface area (Å²) in [6.07, 6.45) is 0.554. The van der Waals surface area contributed by atoms with E-state index < -0.39 is 12.0 Å². The smallest absolute Gasteiger partial charge is 0.326 e. The van der Waals surface area contributed by atoms with E-state index in [0.717, 1.165) is 5.69 Å². The molecule has 3 nitrogen and oxygen atoms in total. The van der Waals surface area contributed by atoms with Gasteiger partial charge in [-0.05, 0) is 24.6 Å². The van der Waals surface area contributed by atoms with E-state index in [1.54, 1.807) is 24.1 Å². The molecule has 0 amide bonds. The second kappa shape index (κ2) is 5.03. The molecule has 0 saturated carbocycles. The molecule has 0 aliphatic carbocycles. The first-order chi connectivity index (χ1) is 7.06. The first kappa shape index (κ1) is 11.9. The summed E-state index contributed by atoms with van der Waals surface area (Å²) in [5.41, 5.74) is 0.816. The average Bonchev–Trinajstić information content (AvgIpc) is 2.18. The minimum Gasteiger partial charge on any atom is -0.480 e. The van der Waals surface area contributed by atoms with Gasteiger partial charge in [0.05, 0.1) is 0 Å². The predicted octanol–water partition coefficient (Wildman–Crippen LogP) is 2.64. The second-order valence-corrected chi connectivity index (χ2v) is 3.79. The molecule has 0 aliphatic heterocycles. The summed E-state index contributed by atoms with van der Waals surface area (Å²) < 4.78 is 0. The van der Waals surface area contributed by atoms with Crippen LogP contribution in [-0.2, 0) is 4.79 Å². The van der Waals surface area contributed by atoms with Crippen molar-refractivity contribution in [3.05, 3.63) is 29.3 Å². The number of aliphatic carboxylic acids is 1. The third kappa shape index (κ3) is 2.86. The number of benzene rings is 1. The number of hydrogen-bond acceptors (Lipinski definition) is 2. The van der Waals surface area contributed by atoms with Gasteiger partial charge in [-0.1, -0.05) is 24.6 Å². The van der Waals surface area contributed by atoms with Crippen LogP contribution in [0.15, 0.2) is 24.3 Å². The van der Waals surface area contributed by atoms with Crippen LogP contribution in [0.25, 0.3) is 0 Å². The lowest BCUT2D eigenvalue weighted by Crippen LogP contribution is -2.37. The molecule has 1 atom stereocenters. The van der Waals surface area contributed by atoms with Crippen LogP contribution in [0, 0.1) is 0 Å². The Morgan fingerprint density at radius 3 is 2.73 bits per heavy atom. The minimum atomic E-state index is -0.819. The largest absolute Gasteiger partial charge is 0.480 e. The lowest BCUT2D eigenvalue weighted by atomic mass is 10.2. The SMILES string of the molecule is CC[C@@H](C(=O)O)N(C)c1cccc(Cl)c1. The number of carboxylic acid groups (broad SMARTS) is 1. The second-order valence-electron chi connectivity index (χ2n) is 3.35. The molecule has 15 heavy (non-hydrogen) atoms. The summed E-state index contributed by atoms with van der Waals surface area (Å²) in [5, 5.41) is 9.61. The van der Waals surface area contributed by atoms with Crippen molar-refractivity contribution in [1.82, 2.24) is 0 Å². The minimum absolute atomic E-state index is 0.511. The molecule has 1 aromatic carbocycles. The highest BCUT2D eigenvalue weighted by Gasteiger charge is 2.20. The molecule has 4 heteroatoms. The molecule has 0 radical (unpaired) electrons. The first-order valence-corrected chi connectivity index (χ1v) is 5.15. The van der Waals surface area contributed by atoms with Crippen LogP contribution in [0.5, 0.6) is 0 Å². The van der Waals surface area contributed by atoms with Crippen molar-refractivity contribution in [1.29, 1.82) is 0 Å². The summed E-state index contributed by atoms with van der Waals surface area (Å²) in [6.45, 7) is 1.85. The molecule has 1 N–H and O–H groups in total. The van der Waals surface area contributed by atoms with E-state index in [1.165, 1.54) is 0 Å². The molecule has 82 valence electrons. The highest BCUT2D eigenvalue weighted by molar-refractivity contribution is 6.30. The molecule has 1 rings (SSSR count). The monoisotopic (exact) mass is 227 g/mol. The number of nitrogens with zero attached hydrogens (tertiary/aromatic N) is 1. The fraction of sp³-hybridized carbons (Fsp3) is 0.364. The van der Waals surface area contributed by atoms with Crippen molar-refractivity contribution < 1.29 is 9.90 Å². The van der Waals surface area contributed by atoms with E-state index in [0.29, 0.717) is 11.4 Å². The quantitative estimate of drug-likeness (QED) is 0.860. The van der Waals surface area contributed by atoms with E-state index in [9.17, 15) is 4.79 Å². The summed E-state index contributed by atoms with van der Waals surface area (Å²) in [6, 6.07) is 6.66. The van der Waals surface area contributed by atoms with Gasteiger partial charge in [0.1, 0.15) is 6.04 Å². The van der Waals surface area contributed by atoms with Crippen LogP contribution in [-0.4, -0.2) is 24.2 Å². The summed E-state index contributed by atoms with van der Waals surface area (Å²) in [4.78, 5) is 12.7. The number of anilines is 1. The van der Waals surface area contributed by atoms with Gasteiger partial charge in [-0.15, -0.1) is 0 Å². The molecule has 0 fully saturated rings. The van der Waals surface area contributed by atoms with Gasteiger partial charge >= 0.3 is 5.97 Å². The first-order valence-electron chi connectivity index (χ1n) is 4.77. The zero-order valence-corrected chi connectivity index (χ0v) is 9.53. The summed E-state index contributed by atoms with van der Waals surface area (Å²) in [7, 11) is 1.76. The Balaban J connectivity index is 2.92. The van der Waals surface area contributed by atoms with Crippen LogP contribution < -0.4 is 4.90 Å². The molecular formula is C11H14ClNO2. The Labute approximate surface area is 94.3 Å². The molecule has 0 spiro atoms. The standard InChI is InChI=1S/C11H14ClNO2/c1-3-10(11(14)15)13(2)9-6-4-5-8(12)7-9/h4-7,10H,3H2,1-2H3,(H,14,15)/t10-/m0/s1. The van der Waals surface area contributed by atoms with Crippen molar-refractivity contribution in [2.24, 2.45) is 0 Å². The van der Waals surface area contributed by atoms with Gasteiger partial charge in [0, 0.05) is 17.8 Å². The number of likely N-dealkylation sites (N-methyl/N-ethyl adjacent to an activating group) is 1. The fourth-order valence-electron chi connectivity index (χ4n) is 1.49. The van der Waals surface area contributed by atoms with Gasteiger partial charge in [0.15, 0.2) is 0 Å². The van der Waals surface area contributed by atoms with Crippen molar-refractivity contribution in [2.75, 3.05) is 11.9 Å². The highest BCUT2D eigenvalue weighted by atomic mass is 35.5. The Hall–Kier alpha value is -1.22. The summed E-state index contributed by atoms with van der Waals surface area (Å²) in [5.74, 6) is -0.819. The van der Waals surface area contributed by atoms with Gasteiger partial charge in [-0.3, -0.25) is 0 Å². The van der Waals surface area contributed by atoms with Crippen LogP contribution >= 0.6 is 11.6 Å². The van der Waals surface area contributed by atoms with E-state index in [-0.39, 0.29) is 0 Å². The molecule has 0 unspecified atom stereocenters. The molecule has 0 saturated heterocycles. The topological polar surface area (TPSA) is 40.5 Å². The lowest BCUT2D eigenvalue weighted by Gasteiger charge is -2.25. The van der Waals surface area contributed by atoms with Gasteiger partial charge in [-0.2, -0.15) is 0 Å². The van der Waals surface area contributed by atoms with Crippen molar-refractivity contribution in [3.63, 3.8) is 0 Å². The van der Waals surface area contributed by atoms with Gasteiger partial charge in [-0.25, -0.2) is 4.79 Å². The Morgan fingerprint density at radius 1 is 1.60 bits per heavy atom. The van der Waals surface area contributed by atoms with Crippen LogP contribution in [0.2, 0.25) is 5.02 Å². The van der Waals surface area contributed by atoms with Crippen LogP contribution in [0.3, 0.4) is 0 Å². The van der Waals surface area contributed by atoms with E-state index >= 15 is 0 Å². The molecule has 0 bridgehead atoms. The molecule has 1 aromatic rings. The van der Waals surface area contributed by atoms with Crippen molar-refractivity contribution in [3.8, 4) is 0 Å². The number of rotatable bonds is 4. The highest BCUT2D eigenvalue weighted by Crippen LogP contribution is 2.21. The third-order valence-electron chi connectivity index (χ3n) is 2.35. The van der Waals surface area contributed by atoms with Gasteiger partial charge in [0.25, 0.3) is 0 Å². The zero-order valence-electron chi connectivity index (χ0n) is 8.77. The Bertz CT molecular complexity index is 354. The average molecular weight is 228 g/mol. The maximum atomic E-state index is 11.0. The van der Waals surface area contributed by atoms with E-state index in [1.807, 2.05) is 19.1 Å². The Kier molecular flexibility index (Phi) is 3.97. The van der Waals surface area contributed by atoms with Crippen molar-refractivity contribution >= 4 is 23.3 Å². The Morgan fingerprint density at radius 2 is 2.27 bits per heavy atom. The summed E-state index contributed by atoms with van der Waals surface area (Å²) >= 11 is 5.84. The van der Waals surface area contributed by atoms with E-state index in [2.05, 4.69) is 0 Å². The maximum Gasteiger partial charge on any atom is 0.326 e. The maximum absolute atomic E-state index is 11.0. The van der Waals surface area contributed by atoms with Crippen molar-refractivity contribution in [2.45, 2.75) is 19.4 Å². The lowest BCUT2D eigenvalue weighted by molar-refractivity contribution is -0.138. The fourth-order valence-corrected chi connectivity index (χ4v) is 1.67. The third-order valence-corrected chi connectivity index (χ3v) is 2.59. The zero-order chi connectivity index (χ0) is 11.4. The predicted molar refractivity (Wildman–Crippen MR) is 61.6 cm³/mol. The number of carboxylic acids is 1. The number of halogens is 1. The van der Waals surface area contributed by atoms with Crippen LogP contribution in [0.1, 0.15) is 13.3 Å². The van der Waals surface area contributed by atoms with Gasteiger partial charge in [0.2, 0.25) is 0 Å². The van der Waals surface area contributed by atoms with E-state index in [4.69, 9.17) is 16.7 Å². The van der Waals surface area contributed by atoms with Gasteiger partial charge < -0.3 is 10.0 Å². The molecule has 0 aromatic heterocycles. The molecular weight excluding hydrogens is 214 g/mol. The van der Waals surface area contributed by atoms with Crippen LogP contribution in [0.4, 0.5) is 5.69 Å². The molecule has 0 aliphatic rings. The molecule has 0 heterocycles. The number of carbonyl (C=O) groups is 1. The number of hydrogen-bond donors (Lipinski definition) is 1.